The summed E-state index contributed by atoms with van der Waals surface area (Å²) in [5.41, 5.74) is 0.477. The van der Waals surface area contributed by atoms with Gasteiger partial charge in [-0.1, -0.05) is 67.5 Å². The largest absolute Gasteiger partial charge is 0.493 e. The number of nitrogens with zero attached hydrogens (tertiary/aromatic N) is 1. The Morgan fingerprint density at radius 1 is 0.764 bits per heavy atom. The van der Waals surface area contributed by atoms with Crippen LogP contribution >= 0.6 is 0 Å². The second kappa shape index (κ2) is 17.9. The van der Waals surface area contributed by atoms with Crippen molar-refractivity contribution < 1.29 is 62.4 Å². The Bertz CT molecular complexity index is 2170. The minimum absolute atomic E-state index is 0.125. The zero-order valence-corrected chi connectivity index (χ0v) is 31.3. The highest BCUT2D eigenvalue weighted by molar-refractivity contribution is 7.91. The minimum atomic E-state index is -4.83. The summed E-state index contributed by atoms with van der Waals surface area (Å²) < 4.78 is 149. The molecule has 0 aliphatic heterocycles. The monoisotopic (exact) mass is 815 g/mol. The molecule has 55 heavy (non-hydrogen) atoms. The van der Waals surface area contributed by atoms with Crippen molar-refractivity contribution in [1.82, 2.24) is 0 Å². The number of sulfone groups is 1. The highest BCUT2D eigenvalue weighted by Gasteiger charge is 2.45. The third-order valence-corrected chi connectivity index (χ3v) is 11.4. The van der Waals surface area contributed by atoms with E-state index in [0.29, 0.717) is 24.0 Å². The normalized spacial score (nSPS) is 13.7. The lowest BCUT2D eigenvalue weighted by atomic mass is 9.88. The maximum Gasteiger partial charge on any atom is 0.437 e. The number of benzene rings is 4. The van der Waals surface area contributed by atoms with Gasteiger partial charge in [-0.3, -0.25) is 4.55 Å². The number of halogens is 6. The maximum absolute atomic E-state index is 14.8. The number of rotatable bonds is 14. The van der Waals surface area contributed by atoms with Crippen molar-refractivity contribution in [3.8, 4) is 22.6 Å². The van der Waals surface area contributed by atoms with Crippen molar-refractivity contribution in [2.75, 3.05) is 24.7 Å². The summed E-state index contributed by atoms with van der Waals surface area (Å²) >= 11 is 0. The lowest BCUT2D eigenvalue weighted by Crippen LogP contribution is -2.25. The molecule has 2 N–H and O–H groups in total. The van der Waals surface area contributed by atoms with Crippen LogP contribution in [-0.2, 0) is 26.4 Å². The topological polar surface area (TPSA) is 140 Å². The van der Waals surface area contributed by atoms with Gasteiger partial charge in [-0.05, 0) is 89.0 Å². The van der Waals surface area contributed by atoms with Gasteiger partial charge >= 0.3 is 12.4 Å². The van der Waals surface area contributed by atoms with Gasteiger partial charge in [-0.2, -0.15) is 34.8 Å². The summed E-state index contributed by atoms with van der Waals surface area (Å²) in [6.45, 7) is 3.61. The van der Waals surface area contributed by atoms with Crippen LogP contribution in [-0.4, -0.2) is 69.4 Å². The standard InChI is InChI=1S/C35H31F6NO5S.C3H8O3S/c1-2-20-48(44,45)32-29(17-16-28-27-7-4-3-6-24(27)21-30(28)32)31(34(36,37)38)22-8-12-25(13-9-22)46-18-5-19-47-26-14-10-23(11-15-26)33(42-43)35(39,40)41;1-2-3-7(4,5)6/h3-4,6-17,31,43H,2,5,18-21H2,1H3;2-3H2,1H3,(H,4,5,6). The summed E-state index contributed by atoms with van der Waals surface area (Å²) in [6.07, 6.45) is -8.33. The fourth-order valence-corrected chi connectivity index (χ4v) is 8.51. The van der Waals surface area contributed by atoms with Crippen LogP contribution in [0.2, 0.25) is 0 Å². The maximum atomic E-state index is 14.8. The third-order valence-electron chi connectivity index (χ3n) is 8.39. The number of oxime groups is 1. The summed E-state index contributed by atoms with van der Waals surface area (Å²) in [5, 5.41) is 11.0. The van der Waals surface area contributed by atoms with Crippen molar-refractivity contribution in [3.63, 3.8) is 0 Å². The lowest BCUT2D eigenvalue weighted by molar-refractivity contribution is -0.141. The van der Waals surface area contributed by atoms with Gasteiger partial charge in [-0.25, -0.2) is 8.42 Å². The van der Waals surface area contributed by atoms with Gasteiger partial charge in [0.1, 0.15) is 17.4 Å². The van der Waals surface area contributed by atoms with Crippen LogP contribution in [0.4, 0.5) is 26.3 Å². The molecule has 0 heterocycles. The molecule has 0 amide bonds. The number of hydrogen-bond acceptors (Lipinski definition) is 8. The molecular formula is C38H39F6NO8S2. The molecule has 0 bridgehead atoms. The first-order valence-corrected chi connectivity index (χ1v) is 20.3. The van der Waals surface area contributed by atoms with E-state index in [9.17, 15) is 43.2 Å². The van der Waals surface area contributed by atoms with Crippen LogP contribution in [0.25, 0.3) is 11.1 Å². The van der Waals surface area contributed by atoms with Crippen LogP contribution in [0.1, 0.15) is 66.8 Å². The van der Waals surface area contributed by atoms with E-state index in [1.54, 1.807) is 19.9 Å². The average Bonchev–Trinajstić information content (AvgIpc) is 3.47. The zero-order valence-electron chi connectivity index (χ0n) is 29.7. The van der Waals surface area contributed by atoms with Crippen molar-refractivity contribution >= 4 is 25.7 Å². The lowest BCUT2D eigenvalue weighted by Gasteiger charge is -2.25. The Kier molecular flexibility index (Phi) is 14.0. The Labute approximate surface area is 315 Å². The predicted octanol–water partition coefficient (Wildman–Crippen LogP) is 9.01. The molecule has 0 aromatic heterocycles. The second-order valence-electron chi connectivity index (χ2n) is 12.5. The summed E-state index contributed by atoms with van der Waals surface area (Å²) in [6, 6.07) is 20.3. The fourth-order valence-electron chi connectivity index (χ4n) is 6.15. The van der Waals surface area contributed by atoms with Crippen LogP contribution in [0, 0.1) is 0 Å². The third kappa shape index (κ3) is 11.2. The van der Waals surface area contributed by atoms with Gasteiger partial charge < -0.3 is 14.7 Å². The fraction of sp³-hybridized carbons (Fsp3) is 0.342. The Balaban J connectivity index is 0.000000876. The van der Waals surface area contributed by atoms with Gasteiger partial charge in [0.25, 0.3) is 10.1 Å². The number of fused-ring (bicyclic) bond motifs is 3. The molecule has 17 heteroatoms. The van der Waals surface area contributed by atoms with E-state index in [1.807, 2.05) is 24.3 Å². The summed E-state index contributed by atoms with van der Waals surface area (Å²) in [5.74, 6) is -2.05. The molecule has 0 fully saturated rings. The van der Waals surface area contributed by atoms with Gasteiger partial charge in [-0.15, -0.1) is 0 Å². The molecule has 0 saturated heterocycles. The van der Waals surface area contributed by atoms with E-state index < -0.39 is 43.9 Å². The molecule has 1 aliphatic rings. The van der Waals surface area contributed by atoms with Gasteiger partial charge in [0.2, 0.25) is 0 Å². The quantitative estimate of drug-likeness (QED) is 0.0283. The minimum Gasteiger partial charge on any atom is -0.493 e. The molecule has 4 aromatic carbocycles. The van der Waals surface area contributed by atoms with E-state index >= 15 is 0 Å². The van der Waals surface area contributed by atoms with Crippen molar-refractivity contribution in [3.05, 3.63) is 113 Å². The van der Waals surface area contributed by atoms with E-state index in [4.69, 9.17) is 19.2 Å². The smallest absolute Gasteiger partial charge is 0.437 e. The average molecular weight is 816 g/mol. The highest BCUT2D eigenvalue weighted by atomic mass is 32.2. The van der Waals surface area contributed by atoms with E-state index in [0.717, 1.165) is 23.3 Å². The first-order chi connectivity index (χ1) is 25.8. The molecular weight excluding hydrogens is 777 g/mol. The van der Waals surface area contributed by atoms with Crippen LogP contribution in [0.3, 0.4) is 0 Å². The molecule has 0 spiro atoms. The molecule has 4 aromatic rings. The molecule has 9 nitrogen and oxygen atoms in total. The highest BCUT2D eigenvalue weighted by Crippen LogP contribution is 2.48. The Hall–Kier alpha value is -4.61. The number of alkyl halides is 6. The van der Waals surface area contributed by atoms with Gasteiger partial charge in [0.15, 0.2) is 15.5 Å². The van der Waals surface area contributed by atoms with E-state index in [1.165, 1.54) is 42.5 Å². The number of hydrogen-bond donors (Lipinski definition) is 2. The molecule has 5 rings (SSSR count). The molecule has 1 atom stereocenters. The first-order valence-electron chi connectivity index (χ1n) is 17.0. The van der Waals surface area contributed by atoms with Crippen molar-refractivity contribution in [2.45, 2.75) is 62.7 Å². The Morgan fingerprint density at radius 3 is 1.82 bits per heavy atom. The van der Waals surface area contributed by atoms with Crippen LogP contribution < -0.4 is 9.47 Å². The second-order valence-corrected chi connectivity index (χ2v) is 16.1. The van der Waals surface area contributed by atoms with E-state index in [-0.39, 0.29) is 70.6 Å². The predicted molar refractivity (Wildman–Crippen MR) is 195 cm³/mol. The molecule has 1 aliphatic carbocycles. The molecule has 0 saturated carbocycles. The van der Waals surface area contributed by atoms with Crippen molar-refractivity contribution in [2.24, 2.45) is 5.16 Å². The molecule has 298 valence electrons. The van der Waals surface area contributed by atoms with Gasteiger partial charge in [0, 0.05) is 12.0 Å². The Morgan fingerprint density at radius 2 is 1.33 bits per heavy atom. The zero-order chi connectivity index (χ0) is 40.6. The SMILES string of the molecule is CCCS(=O)(=O)O.CCCS(=O)(=O)c1c(C(c2ccc(OCCCOc3ccc(C(=NO)C(F)(F)F)cc3)cc2)C(F)(F)F)ccc2c1Cc1ccccc1-2. The first kappa shape index (κ1) is 43.1. The van der Waals surface area contributed by atoms with Crippen LogP contribution in [0.5, 0.6) is 11.5 Å². The summed E-state index contributed by atoms with van der Waals surface area (Å²) in [4.78, 5) is -0.252. The van der Waals surface area contributed by atoms with Crippen molar-refractivity contribution in [1.29, 1.82) is 0 Å². The van der Waals surface area contributed by atoms with E-state index in [2.05, 4.69) is 5.16 Å². The summed E-state index contributed by atoms with van der Waals surface area (Å²) in [7, 11) is -7.73. The van der Waals surface area contributed by atoms with Gasteiger partial charge in [0.05, 0.1) is 29.6 Å². The molecule has 1 unspecified atom stereocenters. The van der Waals surface area contributed by atoms with Crippen LogP contribution in [0.15, 0.2) is 95.0 Å². The molecule has 0 radical (unpaired) electrons. The number of ether oxygens (including phenoxy) is 2.